The second kappa shape index (κ2) is 15.3. The first kappa shape index (κ1) is 36.5. The van der Waals surface area contributed by atoms with E-state index in [9.17, 15) is 0 Å². The predicted octanol–water partition coefficient (Wildman–Crippen LogP) is 16.8. The van der Waals surface area contributed by atoms with Gasteiger partial charge in [-0.1, -0.05) is 176 Å². The summed E-state index contributed by atoms with van der Waals surface area (Å²) in [5, 5.41) is 4.71. The molecule has 3 nitrogen and oxygen atoms in total. The fraction of sp³-hybridized carbons (Fsp3) is 0. The molecule has 10 aromatic carbocycles. The van der Waals surface area contributed by atoms with E-state index in [0.717, 1.165) is 55.8 Å². The number of fused-ring (bicyclic) bond motifs is 6. The molecule has 0 unspecified atom stereocenters. The van der Waals surface area contributed by atoms with E-state index in [1.807, 2.05) is 12.1 Å². The zero-order valence-electron chi connectivity index (χ0n) is 34.4. The summed E-state index contributed by atoms with van der Waals surface area (Å²) in [6.45, 7) is 0. The van der Waals surface area contributed by atoms with Crippen LogP contribution in [0.5, 0.6) is 0 Å². The number of furan rings is 1. The molecule has 0 radical (unpaired) electrons. The molecule has 0 amide bonds. The van der Waals surface area contributed by atoms with Crippen molar-refractivity contribution in [1.82, 2.24) is 4.57 Å². The Kier molecular flexibility index (Phi) is 8.83. The molecule has 0 spiro atoms. The third kappa shape index (κ3) is 6.29. The molecule has 12 rings (SSSR count). The number of para-hydroxylation sites is 4. The summed E-state index contributed by atoms with van der Waals surface area (Å²) >= 11 is 0. The number of anilines is 3. The van der Waals surface area contributed by atoms with Crippen molar-refractivity contribution in [2.24, 2.45) is 0 Å². The van der Waals surface area contributed by atoms with Crippen molar-refractivity contribution in [3.05, 3.63) is 243 Å². The predicted molar refractivity (Wildman–Crippen MR) is 264 cm³/mol. The fourth-order valence-corrected chi connectivity index (χ4v) is 9.52. The lowest BCUT2D eigenvalue weighted by atomic mass is 9.88. The van der Waals surface area contributed by atoms with Crippen molar-refractivity contribution >= 4 is 60.8 Å². The Hall–Kier alpha value is -8.40. The van der Waals surface area contributed by atoms with Crippen LogP contribution in [0.2, 0.25) is 0 Å². The maximum atomic E-state index is 6.51. The molecule has 0 aliphatic heterocycles. The molecule has 0 aliphatic carbocycles. The third-order valence-electron chi connectivity index (χ3n) is 12.4. The molecule has 0 saturated heterocycles. The summed E-state index contributed by atoms with van der Waals surface area (Å²) in [5.74, 6) is 0. The van der Waals surface area contributed by atoms with Gasteiger partial charge in [0.1, 0.15) is 11.2 Å². The Morgan fingerprint density at radius 1 is 0.302 bits per heavy atom. The Morgan fingerprint density at radius 2 is 0.778 bits per heavy atom. The zero-order chi connectivity index (χ0) is 41.7. The largest absolute Gasteiger partial charge is 0.456 e. The lowest BCUT2D eigenvalue weighted by Gasteiger charge is -2.28. The normalized spacial score (nSPS) is 11.5. The summed E-state index contributed by atoms with van der Waals surface area (Å²) in [4.78, 5) is 2.38. The molecule has 0 atom stereocenters. The first-order chi connectivity index (χ1) is 31.3. The molecule has 0 bridgehead atoms. The highest BCUT2D eigenvalue weighted by Crippen LogP contribution is 2.46. The summed E-state index contributed by atoms with van der Waals surface area (Å²) in [5.41, 5.74) is 17.7. The molecule has 3 heteroatoms. The lowest BCUT2D eigenvalue weighted by Crippen LogP contribution is -2.11. The summed E-state index contributed by atoms with van der Waals surface area (Å²) in [7, 11) is 0. The van der Waals surface area contributed by atoms with Gasteiger partial charge in [0.25, 0.3) is 0 Å². The van der Waals surface area contributed by atoms with Gasteiger partial charge in [-0.2, -0.15) is 0 Å². The van der Waals surface area contributed by atoms with Crippen molar-refractivity contribution in [3.63, 3.8) is 0 Å². The first-order valence-corrected chi connectivity index (χ1v) is 21.5. The molecule has 0 saturated carbocycles. The van der Waals surface area contributed by atoms with E-state index in [-0.39, 0.29) is 0 Å². The average molecular weight is 805 g/mol. The van der Waals surface area contributed by atoms with Gasteiger partial charge in [-0.3, -0.25) is 0 Å². The third-order valence-corrected chi connectivity index (χ3v) is 12.4. The number of hydrogen-bond acceptors (Lipinski definition) is 2. The Balaban J connectivity index is 1.02. The number of nitrogens with zero attached hydrogens (tertiary/aromatic N) is 2. The van der Waals surface area contributed by atoms with Crippen molar-refractivity contribution < 1.29 is 4.42 Å². The number of benzene rings is 10. The van der Waals surface area contributed by atoms with Crippen LogP contribution in [0.15, 0.2) is 247 Å². The number of aromatic nitrogens is 1. The van der Waals surface area contributed by atoms with Crippen LogP contribution < -0.4 is 4.90 Å². The van der Waals surface area contributed by atoms with E-state index < -0.39 is 0 Å². The van der Waals surface area contributed by atoms with Gasteiger partial charge in [-0.05, 0) is 99.6 Å². The quantitative estimate of drug-likeness (QED) is 0.153. The zero-order valence-corrected chi connectivity index (χ0v) is 34.4. The average Bonchev–Trinajstić information content (AvgIpc) is 3.90. The second-order valence-electron chi connectivity index (χ2n) is 16.1. The molecule has 2 aromatic heterocycles. The van der Waals surface area contributed by atoms with Crippen LogP contribution in [0.3, 0.4) is 0 Å². The number of hydrogen-bond donors (Lipinski definition) is 0. The van der Waals surface area contributed by atoms with Gasteiger partial charge in [0.05, 0.1) is 16.7 Å². The van der Waals surface area contributed by atoms with Gasteiger partial charge < -0.3 is 13.9 Å². The number of rotatable bonds is 8. The van der Waals surface area contributed by atoms with Crippen molar-refractivity contribution in [1.29, 1.82) is 0 Å². The minimum Gasteiger partial charge on any atom is -0.456 e. The molecule has 2 heterocycles. The van der Waals surface area contributed by atoms with Gasteiger partial charge in [0.15, 0.2) is 0 Å². The Labute approximate surface area is 366 Å². The standard InChI is InChI=1S/C60H40N2O/c1-2-16-41(17-3-1)42-30-32-43(33-31-42)47-18-4-5-19-48(47)49-20-6-7-21-50(49)51-22-8-12-26-56(51)61(46-38-39-55-54-25-11-15-29-59(54)63-60(55)40-46)44-34-36-45(37-35-44)62-57-27-13-9-23-52(57)53-24-10-14-28-58(53)62/h1-40H. The van der Waals surface area contributed by atoms with E-state index in [1.165, 1.54) is 55.2 Å². The lowest BCUT2D eigenvalue weighted by molar-refractivity contribution is 0.669. The topological polar surface area (TPSA) is 21.3 Å². The van der Waals surface area contributed by atoms with Crippen molar-refractivity contribution in [2.45, 2.75) is 0 Å². The molecular formula is C60H40N2O. The second-order valence-corrected chi connectivity index (χ2v) is 16.1. The van der Waals surface area contributed by atoms with Crippen LogP contribution in [0.1, 0.15) is 0 Å². The summed E-state index contributed by atoms with van der Waals surface area (Å²) in [6, 6.07) is 87.1. The molecule has 0 aliphatic rings. The van der Waals surface area contributed by atoms with Gasteiger partial charge in [0.2, 0.25) is 0 Å². The highest BCUT2D eigenvalue weighted by molar-refractivity contribution is 6.09. The molecule has 63 heavy (non-hydrogen) atoms. The SMILES string of the molecule is c1ccc(-c2ccc(-c3ccccc3-c3ccccc3-c3ccccc3N(c3ccc(-n4c5ccccc5c5ccccc54)cc3)c3ccc4c(c3)oc3ccccc34)cc2)cc1. The van der Waals surface area contributed by atoms with Crippen molar-refractivity contribution in [2.75, 3.05) is 4.90 Å². The van der Waals surface area contributed by atoms with Crippen LogP contribution in [0.4, 0.5) is 17.1 Å². The molecular weight excluding hydrogens is 765 g/mol. The molecule has 0 N–H and O–H groups in total. The highest BCUT2D eigenvalue weighted by atomic mass is 16.3. The van der Waals surface area contributed by atoms with Crippen molar-refractivity contribution in [3.8, 4) is 50.2 Å². The minimum atomic E-state index is 0.852. The van der Waals surface area contributed by atoms with Crippen LogP contribution in [0, 0.1) is 0 Å². The monoisotopic (exact) mass is 804 g/mol. The van der Waals surface area contributed by atoms with Crippen LogP contribution >= 0.6 is 0 Å². The molecule has 296 valence electrons. The smallest absolute Gasteiger partial charge is 0.137 e. The van der Waals surface area contributed by atoms with Gasteiger partial charge in [0, 0.05) is 50.2 Å². The maximum Gasteiger partial charge on any atom is 0.137 e. The van der Waals surface area contributed by atoms with E-state index in [4.69, 9.17) is 4.42 Å². The first-order valence-electron chi connectivity index (χ1n) is 21.5. The molecule has 0 fully saturated rings. The fourth-order valence-electron chi connectivity index (χ4n) is 9.52. The summed E-state index contributed by atoms with van der Waals surface area (Å²) < 4.78 is 8.89. The van der Waals surface area contributed by atoms with Gasteiger partial charge >= 0.3 is 0 Å². The Morgan fingerprint density at radius 3 is 1.48 bits per heavy atom. The van der Waals surface area contributed by atoms with Crippen LogP contribution in [-0.4, -0.2) is 4.57 Å². The van der Waals surface area contributed by atoms with E-state index in [1.54, 1.807) is 0 Å². The summed E-state index contributed by atoms with van der Waals surface area (Å²) in [6.07, 6.45) is 0. The molecule has 12 aromatic rings. The minimum absolute atomic E-state index is 0.852. The Bertz CT molecular complexity index is 3560. The van der Waals surface area contributed by atoms with Gasteiger partial charge in [-0.15, -0.1) is 0 Å². The van der Waals surface area contributed by atoms with Crippen LogP contribution in [0.25, 0.3) is 93.9 Å². The van der Waals surface area contributed by atoms with Gasteiger partial charge in [-0.25, -0.2) is 0 Å². The maximum absolute atomic E-state index is 6.51. The van der Waals surface area contributed by atoms with E-state index in [0.29, 0.717) is 0 Å². The van der Waals surface area contributed by atoms with Crippen LogP contribution in [-0.2, 0) is 0 Å². The van der Waals surface area contributed by atoms with E-state index in [2.05, 4.69) is 240 Å². The highest BCUT2D eigenvalue weighted by Gasteiger charge is 2.22. The van der Waals surface area contributed by atoms with E-state index >= 15 is 0 Å².